The summed E-state index contributed by atoms with van der Waals surface area (Å²) in [5.41, 5.74) is 0. The fraction of sp³-hybridized carbons (Fsp3) is 0.783. The molecular formula is C23H47F2GeN3Zr. The molecule has 30 heavy (non-hydrogen) atoms. The van der Waals surface area contributed by atoms with E-state index in [1.807, 2.05) is 0 Å². The molecule has 0 aliphatic carbocycles. The van der Waals surface area contributed by atoms with Crippen molar-refractivity contribution < 1.29 is 33.2 Å². The molecule has 0 aliphatic rings. The average molecular weight is 567 g/mol. The Morgan fingerprint density at radius 1 is 0.533 bits per heavy atom. The molecule has 0 saturated heterocycles. The van der Waals surface area contributed by atoms with Crippen molar-refractivity contribution >= 4 is 19.7 Å². The van der Waals surface area contributed by atoms with E-state index in [2.05, 4.69) is 99.0 Å². The monoisotopic (exact) mass is 567 g/mol. The molecule has 3 nitrogen and oxygen atoms in total. The van der Waals surface area contributed by atoms with Crippen LogP contribution in [0.15, 0.2) is 24.3 Å². The van der Waals surface area contributed by atoms with E-state index in [0.29, 0.717) is 36.3 Å². The SMILES string of the molecule is CC(C)[N-]C(C)C.CC(C)[N-]C(C)C.CC(C)[N-]C(C)C.[F][GeH]([F])[c-]1cccc1.[Zr+4]. The molecule has 7 heteroatoms. The number of hydrogen-bond donors (Lipinski definition) is 0. The van der Waals surface area contributed by atoms with Crippen LogP contribution >= 0.6 is 0 Å². The molecule has 1 rings (SSSR count). The van der Waals surface area contributed by atoms with Gasteiger partial charge in [-0.15, -0.1) is 36.3 Å². The largest absolute Gasteiger partial charge is 4.00 e. The summed E-state index contributed by atoms with van der Waals surface area (Å²) in [6.07, 6.45) is 0. The van der Waals surface area contributed by atoms with Gasteiger partial charge in [0.2, 0.25) is 0 Å². The van der Waals surface area contributed by atoms with Crippen molar-refractivity contribution in [3.63, 3.8) is 0 Å². The van der Waals surface area contributed by atoms with Crippen molar-refractivity contribution in [2.75, 3.05) is 0 Å². The summed E-state index contributed by atoms with van der Waals surface area (Å²) in [6.45, 7) is 25.2. The van der Waals surface area contributed by atoms with E-state index >= 15 is 0 Å². The maximum absolute atomic E-state index is 11.8. The molecule has 0 fully saturated rings. The fourth-order valence-corrected chi connectivity index (χ4v) is 3.40. The Balaban J connectivity index is -0.000000149. The van der Waals surface area contributed by atoms with Crippen molar-refractivity contribution in [1.82, 2.24) is 0 Å². The third-order valence-corrected chi connectivity index (χ3v) is 4.59. The van der Waals surface area contributed by atoms with E-state index in [-0.39, 0.29) is 30.6 Å². The summed E-state index contributed by atoms with van der Waals surface area (Å²) in [4.78, 5) is 0. The standard InChI is InChI=1S/3C6H14N.C5H5F2Ge.Zr/c3*1-5(2)7-6(3)4;6-8(7)5-3-1-2-4-5;/h3*5-6H,1-4H3;1-4,8H;/q4*-1;+4. The number of hydrogen-bond acceptors (Lipinski definition) is 0. The molecule has 0 radical (unpaired) electrons. The van der Waals surface area contributed by atoms with Crippen LogP contribution in [0.5, 0.6) is 0 Å². The molecule has 176 valence electrons. The molecule has 0 bridgehead atoms. The first-order valence-corrected chi connectivity index (χ1v) is 13.8. The van der Waals surface area contributed by atoms with Crippen LogP contribution in [0.4, 0.5) is 7.00 Å². The van der Waals surface area contributed by atoms with Crippen molar-refractivity contribution in [3.05, 3.63) is 40.2 Å². The van der Waals surface area contributed by atoms with Crippen molar-refractivity contribution in [2.24, 2.45) is 0 Å². The van der Waals surface area contributed by atoms with E-state index in [1.54, 1.807) is 12.1 Å². The Hall–Kier alpha value is 0.516. The van der Waals surface area contributed by atoms with Crippen molar-refractivity contribution in [3.8, 4) is 0 Å². The molecule has 0 heterocycles. The third kappa shape index (κ3) is 39.0. The van der Waals surface area contributed by atoms with Gasteiger partial charge >= 0.3 is 77.1 Å². The van der Waals surface area contributed by atoms with Gasteiger partial charge in [-0.1, -0.05) is 83.1 Å². The topological polar surface area (TPSA) is 42.3 Å². The van der Waals surface area contributed by atoms with Gasteiger partial charge in [0, 0.05) is 0 Å². The minimum absolute atomic E-state index is 0. The van der Waals surface area contributed by atoms with Gasteiger partial charge in [-0.3, -0.25) is 0 Å². The van der Waals surface area contributed by atoms with Gasteiger partial charge < -0.3 is 16.0 Å². The normalized spacial score (nSPS) is 10.6. The Morgan fingerprint density at radius 3 is 0.800 bits per heavy atom. The van der Waals surface area contributed by atoms with Crippen LogP contribution in [0.1, 0.15) is 83.1 Å². The second-order valence-corrected chi connectivity index (χ2v) is 11.2. The van der Waals surface area contributed by atoms with E-state index in [1.165, 1.54) is 12.1 Å². The molecule has 0 N–H and O–H groups in total. The molecular weight excluding hydrogens is 520 g/mol. The smallest absolute Gasteiger partial charge is 4.00 e. The Kier molecular flexibility index (Phi) is 30.5. The van der Waals surface area contributed by atoms with Gasteiger partial charge in [0.15, 0.2) is 0 Å². The van der Waals surface area contributed by atoms with Crippen LogP contribution < -0.4 is 4.40 Å². The molecule has 1 aromatic carbocycles. The number of halogens is 2. The third-order valence-electron chi connectivity index (χ3n) is 2.73. The van der Waals surface area contributed by atoms with E-state index in [4.69, 9.17) is 0 Å². The molecule has 1 aromatic rings. The van der Waals surface area contributed by atoms with E-state index < -0.39 is 15.3 Å². The molecule has 0 amide bonds. The first-order valence-electron chi connectivity index (χ1n) is 10.8. The van der Waals surface area contributed by atoms with Crippen LogP contribution in [0.3, 0.4) is 0 Å². The summed E-state index contributed by atoms with van der Waals surface area (Å²) in [5, 5.41) is 12.8. The number of rotatable bonds is 7. The summed E-state index contributed by atoms with van der Waals surface area (Å²) >= 11 is -3.89. The molecule has 0 saturated carbocycles. The zero-order chi connectivity index (χ0) is 23.6. The molecule has 0 aliphatic heterocycles. The van der Waals surface area contributed by atoms with Crippen LogP contribution in [0, 0.1) is 0 Å². The Bertz CT molecular complexity index is 373. The minimum atomic E-state index is -3.89. The first kappa shape index (κ1) is 37.8. The van der Waals surface area contributed by atoms with Crippen LogP contribution in [0.25, 0.3) is 16.0 Å². The van der Waals surface area contributed by atoms with Gasteiger partial charge in [0.25, 0.3) is 0 Å². The molecule has 0 spiro atoms. The van der Waals surface area contributed by atoms with Gasteiger partial charge in [-0.25, -0.2) is 0 Å². The predicted molar refractivity (Wildman–Crippen MR) is 132 cm³/mol. The summed E-state index contributed by atoms with van der Waals surface area (Å²) in [5.74, 6) is 0. The van der Waals surface area contributed by atoms with Gasteiger partial charge in [-0.2, -0.15) is 0 Å². The summed E-state index contributed by atoms with van der Waals surface area (Å²) in [6, 6.07) is 9.27. The molecule has 0 aromatic heterocycles. The molecule has 0 unspecified atom stereocenters. The van der Waals surface area contributed by atoms with Gasteiger partial charge in [0.05, 0.1) is 0 Å². The molecule has 0 atom stereocenters. The fourth-order valence-electron chi connectivity index (χ4n) is 2.32. The minimum Gasteiger partial charge on any atom is 4.00 e. The van der Waals surface area contributed by atoms with E-state index in [9.17, 15) is 7.00 Å². The Morgan fingerprint density at radius 2 is 0.733 bits per heavy atom. The van der Waals surface area contributed by atoms with Crippen molar-refractivity contribution in [1.29, 1.82) is 0 Å². The second kappa shape index (κ2) is 24.2. The quantitative estimate of drug-likeness (QED) is 0.245. The first-order chi connectivity index (χ1) is 13.2. The maximum atomic E-state index is 11.8. The zero-order valence-corrected chi connectivity index (χ0v) is 26.3. The average Bonchev–Trinajstić information content (AvgIpc) is 2.98. The summed E-state index contributed by atoms with van der Waals surface area (Å²) < 4.78 is 23.9. The van der Waals surface area contributed by atoms with Crippen LogP contribution in [0.2, 0.25) is 0 Å². The van der Waals surface area contributed by atoms with Gasteiger partial charge in [-0.05, 0) is 0 Å². The number of nitrogens with zero attached hydrogens (tertiary/aromatic N) is 3. The Labute approximate surface area is 211 Å². The van der Waals surface area contributed by atoms with Crippen molar-refractivity contribution in [2.45, 2.75) is 119 Å². The van der Waals surface area contributed by atoms with Crippen LogP contribution in [-0.4, -0.2) is 51.5 Å². The van der Waals surface area contributed by atoms with Gasteiger partial charge in [0.1, 0.15) is 0 Å². The maximum Gasteiger partial charge on any atom is 4.00 e. The zero-order valence-electron chi connectivity index (χ0n) is 21.4. The van der Waals surface area contributed by atoms with Crippen LogP contribution in [-0.2, 0) is 26.2 Å². The second-order valence-electron chi connectivity index (χ2n) is 8.53. The van der Waals surface area contributed by atoms with E-state index in [0.717, 1.165) is 0 Å². The predicted octanol–water partition coefficient (Wildman–Crippen LogP) is 7.30. The summed E-state index contributed by atoms with van der Waals surface area (Å²) in [7, 11) is 0.